The molecule has 104 valence electrons. The van der Waals surface area contributed by atoms with Gasteiger partial charge in [-0.05, 0) is 25.3 Å². The van der Waals surface area contributed by atoms with E-state index in [-0.39, 0.29) is 0 Å². The van der Waals surface area contributed by atoms with Gasteiger partial charge in [-0.3, -0.25) is 0 Å². The van der Waals surface area contributed by atoms with Crippen LogP contribution in [-0.4, -0.2) is 9.55 Å². The summed E-state index contributed by atoms with van der Waals surface area (Å²) in [6.07, 6.45) is 4.51. The van der Waals surface area contributed by atoms with Gasteiger partial charge in [-0.15, -0.1) is 0 Å². The SMILES string of the molecule is CC(C)CC(C)n1cnc2c[n+]([O-])c3ccccc3c21. The lowest BCUT2D eigenvalue weighted by Gasteiger charge is -2.17. The number of hydrogen-bond donors (Lipinski definition) is 0. The van der Waals surface area contributed by atoms with Gasteiger partial charge in [0.05, 0.1) is 17.2 Å². The molecule has 0 aliphatic rings. The maximum Gasteiger partial charge on any atom is 0.226 e. The average molecular weight is 269 g/mol. The predicted octanol–water partition coefficient (Wildman–Crippen LogP) is 3.43. The zero-order valence-electron chi connectivity index (χ0n) is 12.1. The number of imidazole rings is 1. The summed E-state index contributed by atoms with van der Waals surface area (Å²) in [5.41, 5.74) is 2.51. The van der Waals surface area contributed by atoms with Crippen LogP contribution in [0, 0.1) is 11.1 Å². The van der Waals surface area contributed by atoms with E-state index < -0.39 is 0 Å². The Bertz CT molecular complexity index is 761. The van der Waals surface area contributed by atoms with Crippen molar-refractivity contribution < 1.29 is 4.73 Å². The lowest BCUT2D eigenvalue weighted by molar-refractivity contribution is -0.575. The molecule has 0 fully saturated rings. The Hall–Kier alpha value is -2.10. The van der Waals surface area contributed by atoms with Gasteiger partial charge in [0, 0.05) is 12.1 Å². The molecule has 20 heavy (non-hydrogen) atoms. The van der Waals surface area contributed by atoms with E-state index in [0.29, 0.717) is 17.5 Å². The zero-order chi connectivity index (χ0) is 14.3. The smallest absolute Gasteiger partial charge is 0.226 e. The molecule has 0 radical (unpaired) electrons. The van der Waals surface area contributed by atoms with Gasteiger partial charge in [0.2, 0.25) is 11.7 Å². The lowest BCUT2D eigenvalue weighted by atomic mass is 10.0. The Balaban J connectivity index is 2.27. The van der Waals surface area contributed by atoms with Crippen LogP contribution in [0.15, 0.2) is 36.8 Å². The first-order chi connectivity index (χ1) is 9.58. The summed E-state index contributed by atoms with van der Waals surface area (Å²) < 4.78 is 3.10. The Morgan fingerprint density at radius 2 is 2.00 bits per heavy atom. The number of rotatable bonds is 3. The minimum atomic E-state index is 0.367. The number of pyridine rings is 1. The molecule has 0 saturated heterocycles. The highest BCUT2D eigenvalue weighted by Gasteiger charge is 2.17. The quantitative estimate of drug-likeness (QED) is 0.540. The van der Waals surface area contributed by atoms with E-state index in [4.69, 9.17) is 0 Å². The van der Waals surface area contributed by atoms with Crippen molar-refractivity contribution in [2.45, 2.75) is 33.2 Å². The van der Waals surface area contributed by atoms with Crippen LogP contribution in [0.3, 0.4) is 0 Å². The monoisotopic (exact) mass is 269 g/mol. The molecule has 0 bridgehead atoms. The van der Waals surface area contributed by atoms with Crippen molar-refractivity contribution in [1.29, 1.82) is 0 Å². The molecular weight excluding hydrogens is 250 g/mol. The van der Waals surface area contributed by atoms with Crippen molar-refractivity contribution in [2.24, 2.45) is 5.92 Å². The summed E-state index contributed by atoms with van der Waals surface area (Å²) in [6, 6.07) is 8.07. The Morgan fingerprint density at radius 3 is 2.75 bits per heavy atom. The van der Waals surface area contributed by atoms with Gasteiger partial charge in [0.25, 0.3) is 0 Å². The molecule has 0 amide bonds. The maximum absolute atomic E-state index is 12.0. The minimum absolute atomic E-state index is 0.367. The second kappa shape index (κ2) is 4.78. The van der Waals surface area contributed by atoms with Gasteiger partial charge in [0.1, 0.15) is 0 Å². The number of nitrogens with zero attached hydrogens (tertiary/aromatic N) is 3. The molecule has 0 aliphatic carbocycles. The summed E-state index contributed by atoms with van der Waals surface area (Å²) in [4.78, 5) is 4.40. The first-order valence-corrected chi connectivity index (χ1v) is 7.05. The van der Waals surface area contributed by atoms with Crippen LogP contribution in [0.2, 0.25) is 0 Å². The first-order valence-electron chi connectivity index (χ1n) is 7.05. The highest BCUT2D eigenvalue weighted by molar-refractivity contribution is 6.00. The summed E-state index contributed by atoms with van der Waals surface area (Å²) in [5.74, 6) is 0.627. The fraction of sp³-hybridized carbons (Fsp3) is 0.375. The average Bonchev–Trinajstić information content (AvgIpc) is 2.82. The Kier molecular flexibility index (Phi) is 3.08. The molecule has 0 spiro atoms. The molecule has 4 heteroatoms. The first kappa shape index (κ1) is 12.9. The second-order valence-electron chi connectivity index (χ2n) is 5.84. The van der Waals surface area contributed by atoms with Gasteiger partial charge in [-0.25, -0.2) is 4.98 Å². The summed E-state index contributed by atoms with van der Waals surface area (Å²) in [7, 11) is 0. The summed E-state index contributed by atoms with van der Waals surface area (Å²) in [5, 5.41) is 13.0. The molecule has 2 aromatic heterocycles. The topological polar surface area (TPSA) is 44.8 Å². The largest absolute Gasteiger partial charge is 0.618 e. The van der Waals surface area contributed by atoms with Gasteiger partial charge < -0.3 is 9.77 Å². The van der Waals surface area contributed by atoms with E-state index in [2.05, 4.69) is 30.3 Å². The Labute approximate surface area is 118 Å². The third kappa shape index (κ3) is 2.01. The molecule has 0 aliphatic heterocycles. The molecule has 3 rings (SSSR count). The number of benzene rings is 1. The summed E-state index contributed by atoms with van der Waals surface area (Å²) in [6.45, 7) is 6.65. The van der Waals surface area contributed by atoms with Crippen molar-refractivity contribution in [3.63, 3.8) is 0 Å². The van der Waals surface area contributed by atoms with Crippen molar-refractivity contribution in [1.82, 2.24) is 9.55 Å². The van der Waals surface area contributed by atoms with Crippen LogP contribution >= 0.6 is 0 Å². The number of para-hydroxylation sites is 1. The van der Waals surface area contributed by atoms with Gasteiger partial charge in [-0.1, -0.05) is 26.0 Å². The van der Waals surface area contributed by atoms with Crippen LogP contribution < -0.4 is 4.73 Å². The number of aromatic nitrogens is 3. The van der Waals surface area contributed by atoms with Crippen LogP contribution in [-0.2, 0) is 0 Å². The van der Waals surface area contributed by atoms with E-state index in [1.807, 2.05) is 30.6 Å². The standard InChI is InChI=1S/C16H19N3O/c1-11(2)8-12(3)18-10-17-14-9-19(20)15-7-5-4-6-13(15)16(14)18/h4-7,9-12H,8H2,1-3H3. The molecule has 0 N–H and O–H groups in total. The van der Waals surface area contributed by atoms with Crippen LogP contribution in [0.1, 0.15) is 33.2 Å². The van der Waals surface area contributed by atoms with E-state index in [1.54, 1.807) is 6.20 Å². The van der Waals surface area contributed by atoms with Crippen molar-refractivity contribution in [3.8, 4) is 0 Å². The maximum atomic E-state index is 12.0. The molecule has 0 saturated carbocycles. The number of fused-ring (bicyclic) bond motifs is 3. The van der Waals surface area contributed by atoms with E-state index in [0.717, 1.165) is 27.6 Å². The van der Waals surface area contributed by atoms with Gasteiger partial charge in [-0.2, -0.15) is 4.73 Å². The lowest BCUT2D eigenvalue weighted by Crippen LogP contribution is -2.26. The van der Waals surface area contributed by atoms with Gasteiger partial charge >= 0.3 is 0 Å². The zero-order valence-corrected chi connectivity index (χ0v) is 12.1. The molecule has 1 aromatic carbocycles. The third-order valence-corrected chi connectivity index (χ3v) is 3.75. The molecule has 1 atom stereocenters. The van der Waals surface area contributed by atoms with Crippen LogP contribution in [0.4, 0.5) is 0 Å². The Morgan fingerprint density at radius 1 is 1.25 bits per heavy atom. The second-order valence-corrected chi connectivity index (χ2v) is 5.84. The molecule has 1 unspecified atom stereocenters. The van der Waals surface area contributed by atoms with Gasteiger partial charge in [0.15, 0.2) is 5.52 Å². The highest BCUT2D eigenvalue weighted by Crippen LogP contribution is 2.27. The normalized spacial score (nSPS) is 13.4. The van der Waals surface area contributed by atoms with E-state index >= 15 is 0 Å². The van der Waals surface area contributed by atoms with E-state index in [1.165, 1.54) is 0 Å². The fourth-order valence-electron chi connectivity index (χ4n) is 2.92. The van der Waals surface area contributed by atoms with Crippen LogP contribution in [0.25, 0.3) is 21.9 Å². The molecule has 2 heterocycles. The third-order valence-electron chi connectivity index (χ3n) is 3.75. The molecule has 3 aromatic rings. The van der Waals surface area contributed by atoms with Crippen molar-refractivity contribution in [2.75, 3.05) is 0 Å². The highest BCUT2D eigenvalue weighted by atomic mass is 16.5. The van der Waals surface area contributed by atoms with Crippen LogP contribution in [0.5, 0.6) is 0 Å². The minimum Gasteiger partial charge on any atom is -0.618 e. The van der Waals surface area contributed by atoms with E-state index in [9.17, 15) is 5.21 Å². The number of hydrogen-bond acceptors (Lipinski definition) is 2. The fourth-order valence-corrected chi connectivity index (χ4v) is 2.92. The molecule has 4 nitrogen and oxygen atoms in total. The molecular formula is C16H19N3O. The van der Waals surface area contributed by atoms with Crippen molar-refractivity contribution >= 4 is 21.9 Å². The van der Waals surface area contributed by atoms with Crippen molar-refractivity contribution in [3.05, 3.63) is 42.0 Å². The summed E-state index contributed by atoms with van der Waals surface area (Å²) >= 11 is 0. The predicted molar refractivity (Wildman–Crippen MR) is 80.4 cm³/mol.